The highest BCUT2D eigenvalue weighted by atomic mass is 35.5. The minimum atomic E-state index is 0.0750. The molecule has 2 aromatic carbocycles. The standard InChI is InChI=1S/C20H22ClNO3/c21-17-7-3-15(4-8-17)2-1-11-22-20(23)10-6-16-5-9-18-19(14-16)25-13-12-24-18/h3-5,7-9,14H,1-2,6,10-13H2,(H,22,23). The predicted molar refractivity (Wildman–Crippen MR) is 98.5 cm³/mol. The maximum Gasteiger partial charge on any atom is 0.220 e. The van der Waals surface area contributed by atoms with Crippen LogP contribution < -0.4 is 14.8 Å². The molecule has 0 fully saturated rings. The zero-order chi connectivity index (χ0) is 17.5. The molecule has 0 aliphatic carbocycles. The Balaban J connectivity index is 1.36. The van der Waals surface area contributed by atoms with Crippen LogP contribution in [0, 0.1) is 0 Å². The molecule has 0 saturated heterocycles. The second-order valence-electron chi connectivity index (χ2n) is 6.06. The van der Waals surface area contributed by atoms with E-state index in [0.717, 1.165) is 34.9 Å². The number of aryl methyl sites for hydroxylation is 2. The number of ether oxygens (including phenoxy) is 2. The molecule has 0 aromatic heterocycles. The lowest BCUT2D eigenvalue weighted by Crippen LogP contribution is -2.25. The summed E-state index contributed by atoms with van der Waals surface area (Å²) in [7, 11) is 0. The van der Waals surface area contributed by atoms with Crippen molar-refractivity contribution in [1.82, 2.24) is 5.32 Å². The summed E-state index contributed by atoms with van der Waals surface area (Å²) in [6.07, 6.45) is 3.01. The first kappa shape index (κ1) is 17.6. The average molecular weight is 360 g/mol. The molecule has 25 heavy (non-hydrogen) atoms. The van der Waals surface area contributed by atoms with Crippen molar-refractivity contribution in [3.8, 4) is 11.5 Å². The van der Waals surface area contributed by atoms with Gasteiger partial charge in [-0.15, -0.1) is 0 Å². The van der Waals surface area contributed by atoms with Crippen LogP contribution in [-0.4, -0.2) is 25.7 Å². The summed E-state index contributed by atoms with van der Waals surface area (Å²) in [5, 5.41) is 3.72. The summed E-state index contributed by atoms with van der Waals surface area (Å²) in [6, 6.07) is 13.7. The molecule has 0 radical (unpaired) electrons. The highest BCUT2D eigenvalue weighted by molar-refractivity contribution is 6.30. The van der Waals surface area contributed by atoms with Crippen molar-refractivity contribution < 1.29 is 14.3 Å². The molecule has 0 saturated carbocycles. The number of carbonyl (C=O) groups excluding carboxylic acids is 1. The molecule has 1 amide bonds. The molecule has 1 heterocycles. The fourth-order valence-corrected chi connectivity index (χ4v) is 2.89. The Morgan fingerprint density at radius 2 is 1.68 bits per heavy atom. The maximum absolute atomic E-state index is 12.0. The van der Waals surface area contributed by atoms with Crippen molar-refractivity contribution in [3.05, 3.63) is 58.6 Å². The number of amides is 1. The van der Waals surface area contributed by atoms with Crippen LogP contribution in [0.25, 0.3) is 0 Å². The van der Waals surface area contributed by atoms with Gasteiger partial charge in [0.15, 0.2) is 11.5 Å². The van der Waals surface area contributed by atoms with Gasteiger partial charge in [-0.05, 0) is 54.7 Å². The van der Waals surface area contributed by atoms with E-state index in [0.29, 0.717) is 32.6 Å². The van der Waals surface area contributed by atoms with E-state index in [9.17, 15) is 4.79 Å². The Morgan fingerprint density at radius 1 is 0.960 bits per heavy atom. The number of hydrogen-bond acceptors (Lipinski definition) is 3. The quantitative estimate of drug-likeness (QED) is 0.765. The fourth-order valence-electron chi connectivity index (χ4n) is 2.76. The van der Waals surface area contributed by atoms with E-state index in [-0.39, 0.29) is 5.91 Å². The van der Waals surface area contributed by atoms with Gasteiger partial charge >= 0.3 is 0 Å². The highest BCUT2D eigenvalue weighted by Gasteiger charge is 2.12. The van der Waals surface area contributed by atoms with Crippen molar-refractivity contribution in [2.45, 2.75) is 25.7 Å². The van der Waals surface area contributed by atoms with Crippen molar-refractivity contribution >= 4 is 17.5 Å². The van der Waals surface area contributed by atoms with E-state index in [1.807, 2.05) is 42.5 Å². The minimum Gasteiger partial charge on any atom is -0.486 e. The molecular formula is C20H22ClNO3. The predicted octanol–water partition coefficient (Wildman–Crippen LogP) is 3.79. The summed E-state index contributed by atoms with van der Waals surface area (Å²) in [4.78, 5) is 12.0. The summed E-state index contributed by atoms with van der Waals surface area (Å²) in [5.74, 6) is 1.62. The Bertz CT molecular complexity index is 715. The van der Waals surface area contributed by atoms with Gasteiger partial charge < -0.3 is 14.8 Å². The van der Waals surface area contributed by atoms with Crippen LogP contribution in [0.3, 0.4) is 0 Å². The van der Waals surface area contributed by atoms with Gasteiger partial charge in [-0.3, -0.25) is 4.79 Å². The molecule has 4 nitrogen and oxygen atoms in total. The second-order valence-corrected chi connectivity index (χ2v) is 6.49. The third-order valence-electron chi connectivity index (χ3n) is 4.12. The molecule has 5 heteroatoms. The van der Waals surface area contributed by atoms with Crippen LogP contribution in [0.5, 0.6) is 11.5 Å². The van der Waals surface area contributed by atoms with Crippen LogP contribution in [-0.2, 0) is 17.6 Å². The topological polar surface area (TPSA) is 47.6 Å². The monoisotopic (exact) mass is 359 g/mol. The van der Waals surface area contributed by atoms with E-state index in [1.54, 1.807) is 0 Å². The van der Waals surface area contributed by atoms with Gasteiger partial charge in [0.1, 0.15) is 13.2 Å². The number of fused-ring (bicyclic) bond motifs is 1. The van der Waals surface area contributed by atoms with Crippen LogP contribution in [0.1, 0.15) is 24.0 Å². The van der Waals surface area contributed by atoms with Crippen LogP contribution >= 0.6 is 11.6 Å². The number of hydrogen-bond donors (Lipinski definition) is 1. The highest BCUT2D eigenvalue weighted by Crippen LogP contribution is 2.31. The second kappa shape index (κ2) is 8.77. The van der Waals surface area contributed by atoms with Gasteiger partial charge in [-0.25, -0.2) is 0 Å². The van der Waals surface area contributed by atoms with Gasteiger partial charge in [-0.1, -0.05) is 29.8 Å². The number of carbonyl (C=O) groups is 1. The summed E-state index contributed by atoms with van der Waals surface area (Å²) >= 11 is 5.87. The molecule has 2 aromatic rings. The SMILES string of the molecule is O=C(CCc1ccc2c(c1)OCCO2)NCCCc1ccc(Cl)cc1. The van der Waals surface area contributed by atoms with Gasteiger partial charge in [0.2, 0.25) is 5.91 Å². The van der Waals surface area contributed by atoms with Crippen molar-refractivity contribution in [3.63, 3.8) is 0 Å². The largest absolute Gasteiger partial charge is 0.486 e. The average Bonchev–Trinajstić information content (AvgIpc) is 2.65. The van der Waals surface area contributed by atoms with Gasteiger partial charge in [0.05, 0.1) is 0 Å². The van der Waals surface area contributed by atoms with Gasteiger partial charge in [-0.2, -0.15) is 0 Å². The maximum atomic E-state index is 12.0. The van der Waals surface area contributed by atoms with Crippen LogP contribution in [0.15, 0.2) is 42.5 Å². The Hall–Kier alpha value is -2.20. The van der Waals surface area contributed by atoms with E-state index >= 15 is 0 Å². The molecule has 1 aliphatic rings. The summed E-state index contributed by atoms with van der Waals surface area (Å²) in [5.41, 5.74) is 2.32. The lowest BCUT2D eigenvalue weighted by atomic mass is 10.1. The third kappa shape index (κ3) is 5.40. The fraction of sp³-hybridized carbons (Fsp3) is 0.350. The van der Waals surface area contributed by atoms with E-state index in [4.69, 9.17) is 21.1 Å². The molecule has 3 rings (SSSR count). The van der Waals surface area contributed by atoms with Crippen LogP contribution in [0.4, 0.5) is 0 Å². The molecule has 0 spiro atoms. The lowest BCUT2D eigenvalue weighted by Gasteiger charge is -2.18. The van der Waals surface area contributed by atoms with Crippen molar-refractivity contribution in [2.75, 3.05) is 19.8 Å². The summed E-state index contributed by atoms with van der Waals surface area (Å²) < 4.78 is 11.1. The van der Waals surface area contributed by atoms with Crippen molar-refractivity contribution in [2.24, 2.45) is 0 Å². The molecule has 1 N–H and O–H groups in total. The molecule has 0 unspecified atom stereocenters. The first-order valence-electron chi connectivity index (χ1n) is 8.60. The van der Waals surface area contributed by atoms with Gasteiger partial charge in [0, 0.05) is 18.0 Å². The molecular weight excluding hydrogens is 338 g/mol. The van der Waals surface area contributed by atoms with E-state index in [2.05, 4.69) is 5.32 Å². The van der Waals surface area contributed by atoms with Gasteiger partial charge in [0.25, 0.3) is 0 Å². The van der Waals surface area contributed by atoms with E-state index in [1.165, 1.54) is 5.56 Å². The number of benzene rings is 2. The third-order valence-corrected chi connectivity index (χ3v) is 4.38. The number of nitrogens with one attached hydrogen (secondary N) is 1. The molecule has 0 bridgehead atoms. The number of halogens is 1. The minimum absolute atomic E-state index is 0.0750. The van der Waals surface area contributed by atoms with Crippen molar-refractivity contribution in [1.29, 1.82) is 0 Å². The molecule has 1 aliphatic heterocycles. The van der Waals surface area contributed by atoms with Crippen LogP contribution in [0.2, 0.25) is 5.02 Å². The zero-order valence-corrected chi connectivity index (χ0v) is 14.8. The summed E-state index contributed by atoms with van der Waals surface area (Å²) in [6.45, 7) is 1.85. The Labute approximate surface area is 153 Å². The normalized spacial score (nSPS) is 12.7. The zero-order valence-electron chi connectivity index (χ0n) is 14.1. The molecule has 0 atom stereocenters. The first-order chi connectivity index (χ1) is 12.2. The lowest BCUT2D eigenvalue weighted by molar-refractivity contribution is -0.121. The van der Waals surface area contributed by atoms with E-state index < -0.39 is 0 Å². The number of rotatable bonds is 7. The molecule has 132 valence electrons. The first-order valence-corrected chi connectivity index (χ1v) is 8.98. The Morgan fingerprint density at radius 3 is 2.48 bits per heavy atom. The smallest absolute Gasteiger partial charge is 0.220 e. The Kier molecular flexibility index (Phi) is 6.18.